The normalized spacial score (nSPS) is 15.7. The molecule has 1 aliphatic rings. The highest BCUT2D eigenvalue weighted by atomic mass is 79.9. The molecule has 4 aromatic rings. The molecular formula is C23H19BrN4O3. The summed E-state index contributed by atoms with van der Waals surface area (Å²) in [5, 5.41) is 0.353. The van der Waals surface area contributed by atoms with E-state index < -0.39 is 17.2 Å². The molecule has 0 bridgehead atoms. The maximum absolute atomic E-state index is 13.4. The van der Waals surface area contributed by atoms with Crippen LogP contribution in [0, 0.1) is 0 Å². The molecular weight excluding hydrogens is 460 g/mol. The first-order chi connectivity index (χ1) is 14.8. The third-order valence-electron chi connectivity index (χ3n) is 6.05. The standard InChI is InChI=1S/C23H19BrN4O3/c1-26-15-7-5-4-6-14(15)16(21(26)29)17-18-20(27(2)23(31)28(3)22(18)30)25-19(17)12-8-10-13(24)11-9-12/h4-11,16,25H,1-3H3. The number of para-hydroxylation sites is 1. The molecule has 0 spiro atoms. The number of carbonyl (C=O) groups excluding carboxylic acids is 1. The van der Waals surface area contributed by atoms with Crippen LogP contribution < -0.4 is 16.1 Å². The van der Waals surface area contributed by atoms with E-state index in [1.54, 1.807) is 19.0 Å². The predicted molar refractivity (Wildman–Crippen MR) is 124 cm³/mol. The van der Waals surface area contributed by atoms with E-state index in [1.165, 1.54) is 11.6 Å². The van der Waals surface area contributed by atoms with Gasteiger partial charge >= 0.3 is 5.69 Å². The molecule has 1 unspecified atom stereocenters. The molecule has 7 nitrogen and oxygen atoms in total. The van der Waals surface area contributed by atoms with Crippen molar-refractivity contribution in [1.82, 2.24) is 14.1 Å². The summed E-state index contributed by atoms with van der Waals surface area (Å²) in [4.78, 5) is 44.2. The zero-order valence-corrected chi connectivity index (χ0v) is 18.7. The number of aromatic nitrogens is 3. The molecule has 1 atom stereocenters. The van der Waals surface area contributed by atoms with Crippen LogP contribution in [0.3, 0.4) is 0 Å². The zero-order chi connectivity index (χ0) is 22.0. The minimum atomic E-state index is -0.654. The first kappa shape index (κ1) is 19.6. The van der Waals surface area contributed by atoms with E-state index in [0.29, 0.717) is 22.3 Å². The van der Waals surface area contributed by atoms with E-state index in [4.69, 9.17) is 0 Å². The summed E-state index contributed by atoms with van der Waals surface area (Å²) in [6.07, 6.45) is 0. The van der Waals surface area contributed by atoms with E-state index in [1.807, 2.05) is 48.5 Å². The quantitative estimate of drug-likeness (QED) is 0.480. The van der Waals surface area contributed by atoms with E-state index >= 15 is 0 Å². The zero-order valence-electron chi connectivity index (χ0n) is 17.1. The summed E-state index contributed by atoms with van der Waals surface area (Å²) in [5.41, 5.74) is 3.28. The van der Waals surface area contributed by atoms with Gasteiger partial charge in [-0.3, -0.25) is 18.7 Å². The molecule has 0 fully saturated rings. The van der Waals surface area contributed by atoms with E-state index in [9.17, 15) is 14.4 Å². The molecule has 1 N–H and O–H groups in total. The fourth-order valence-corrected chi connectivity index (χ4v) is 4.70. The van der Waals surface area contributed by atoms with Gasteiger partial charge in [-0.15, -0.1) is 0 Å². The minimum Gasteiger partial charge on any atom is -0.340 e. The number of anilines is 1. The van der Waals surface area contributed by atoms with Gasteiger partial charge in [0.25, 0.3) is 5.56 Å². The summed E-state index contributed by atoms with van der Waals surface area (Å²) < 4.78 is 3.41. The number of hydrogen-bond acceptors (Lipinski definition) is 3. The van der Waals surface area contributed by atoms with Crippen LogP contribution in [0.15, 0.2) is 62.6 Å². The first-order valence-electron chi connectivity index (χ1n) is 9.75. The van der Waals surface area contributed by atoms with Gasteiger partial charge in [-0.1, -0.05) is 46.3 Å². The van der Waals surface area contributed by atoms with Crippen molar-refractivity contribution >= 4 is 38.6 Å². The Balaban J connectivity index is 1.95. The van der Waals surface area contributed by atoms with E-state index in [-0.39, 0.29) is 5.91 Å². The maximum Gasteiger partial charge on any atom is 0.332 e. The number of H-pyrrole nitrogens is 1. The third kappa shape index (κ3) is 2.68. The lowest BCUT2D eigenvalue weighted by Gasteiger charge is -2.13. The number of halogens is 1. The molecule has 2 aromatic carbocycles. The Hall–Kier alpha value is -3.39. The van der Waals surface area contributed by atoms with Gasteiger partial charge in [0.15, 0.2) is 0 Å². The Bertz CT molecular complexity index is 1490. The number of rotatable bonds is 2. The second-order valence-electron chi connectivity index (χ2n) is 7.74. The monoisotopic (exact) mass is 478 g/mol. The Labute approximate surface area is 185 Å². The molecule has 0 radical (unpaired) electrons. The average molecular weight is 479 g/mol. The van der Waals surface area contributed by atoms with Gasteiger partial charge in [0.1, 0.15) is 5.65 Å². The first-order valence-corrected chi connectivity index (χ1v) is 10.5. The third-order valence-corrected chi connectivity index (χ3v) is 6.58. The van der Waals surface area contributed by atoms with Crippen LogP contribution in [0.25, 0.3) is 22.3 Å². The van der Waals surface area contributed by atoms with Crippen molar-refractivity contribution in [2.75, 3.05) is 11.9 Å². The van der Waals surface area contributed by atoms with Crippen LogP contribution in [-0.2, 0) is 18.9 Å². The highest BCUT2D eigenvalue weighted by Crippen LogP contribution is 2.45. The number of nitrogens with zero attached hydrogens (tertiary/aromatic N) is 3. The summed E-state index contributed by atoms with van der Waals surface area (Å²) in [6.45, 7) is 0. The summed E-state index contributed by atoms with van der Waals surface area (Å²) in [7, 11) is 4.81. The van der Waals surface area contributed by atoms with Crippen molar-refractivity contribution in [1.29, 1.82) is 0 Å². The fraction of sp³-hybridized carbons (Fsp3) is 0.174. The highest BCUT2D eigenvalue weighted by Gasteiger charge is 2.40. The summed E-state index contributed by atoms with van der Waals surface area (Å²) in [6, 6.07) is 15.2. The topological polar surface area (TPSA) is 80.1 Å². The number of aryl methyl sites for hydroxylation is 1. The van der Waals surface area contributed by atoms with Crippen molar-refractivity contribution in [3.05, 3.63) is 85.0 Å². The smallest absolute Gasteiger partial charge is 0.332 e. The van der Waals surface area contributed by atoms with Gasteiger partial charge in [0, 0.05) is 36.9 Å². The van der Waals surface area contributed by atoms with Crippen molar-refractivity contribution in [3.63, 3.8) is 0 Å². The average Bonchev–Trinajstić information content (AvgIpc) is 3.27. The molecule has 0 saturated heterocycles. The number of carbonyl (C=O) groups is 1. The van der Waals surface area contributed by atoms with Crippen molar-refractivity contribution < 1.29 is 4.79 Å². The van der Waals surface area contributed by atoms with Gasteiger partial charge in [0.05, 0.1) is 17.0 Å². The summed E-state index contributed by atoms with van der Waals surface area (Å²) >= 11 is 3.45. The van der Waals surface area contributed by atoms with Crippen molar-refractivity contribution in [3.8, 4) is 11.3 Å². The molecule has 0 aliphatic carbocycles. The van der Waals surface area contributed by atoms with E-state index in [2.05, 4.69) is 20.9 Å². The van der Waals surface area contributed by atoms with Gasteiger partial charge in [-0.25, -0.2) is 4.79 Å². The number of nitrogens with one attached hydrogen (secondary N) is 1. The molecule has 31 heavy (non-hydrogen) atoms. The number of aromatic amines is 1. The van der Waals surface area contributed by atoms with Gasteiger partial charge in [-0.2, -0.15) is 0 Å². The Morgan fingerprint density at radius 2 is 1.58 bits per heavy atom. The second kappa shape index (κ2) is 6.81. The predicted octanol–water partition coefficient (Wildman–Crippen LogP) is 3.10. The highest BCUT2D eigenvalue weighted by molar-refractivity contribution is 9.10. The van der Waals surface area contributed by atoms with Crippen LogP contribution in [-0.4, -0.2) is 27.1 Å². The number of amides is 1. The van der Waals surface area contributed by atoms with Crippen LogP contribution in [0.1, 0.15) is 17.0 Å². The van der Waals surface area contributed by atoms with Gasteiger partial charge in [-0.05, 0) is 29.3 Å². The number of hydrogen-bond donors (Lipinski definition) is 1. The second-order valence-corrected chi connectivity index (χ2v) is 8.65. The van der Waals surface area contributed by atoms with E-state index in [0.717, 1.165) is 25.9 Å². The SMILES string of the molecule is CN1C(=O)C(c2c(-c3ccc(Br)cc3)[nH]c3c2c(=O)n(C)c(=O)n3C)c2ccccc21. The number of fused-ring (bicyclic) bond motifs is 2. The van der Waals surface area contributed by atoms with Crippen molar-refractivity contribution in [2.45, 2.75) is 5.92 Å². The largest absolute Gasteiger partial charge is 0.340 e. The molecule has 156 valence electrons. The molecule has 1 amide bonds. The molecule has 0 saturated carbocycles. The lowest BCUT2D eigenvalue weighted by molar-refractivity contribution is -0.118. The molecule has 8 heteroatoms. The Morgan fingerprint density at radius 1 is 0.903 bits per heavy atom. The van der Waals surface area contributed by atoms with Crippen molar-refractivity contribution in [2.24, 2.45) is 14.1 Å². The van der Waals surface area contributed by atoms with Gasteiger partial charge < -0.3 is 9.88 Å². The minimum absolute atomic E-state index is 0.114. The lowest BCUT2D eigenvalue weighted by Crippen LogP contribution is -2.37. The molecule has 3 heterocycles. The molecule has 2 aromatic heterocycles. The Kier molecular flexibility index (Phi) is 4.30. The van der Waals surface area contributed by atoms with Crippen LogP contribution >= 0.6 is 15.9 Å². The van der Waals surface area contributed by atoms with Crippen LogP contribution in [0.5, 0.6) is 0 Å². The van der Waals surface area contributed by atoms with Crippen LogP contribution in [0.2, 0.25) is 0 Å². The maximum atomic E-state index is 13.4. The summed E-state index contributed by atoms with van der Waals surface area (Å²) in [5.74, 6) is -0.768. The Morgan fingerprint density at radius 3 is 2.29 bits per heavy atom. The van der Waals surface area contributed by atoms with Crippen LogP contribution in [0.4, 0.5) is 5.69 Å². The molecule has 1 aliphatic heterocycles. The molecule has 5 rings (SSSR count). The number of benzene rings is 2. The van der Waals surface area contributed by atoms with Gasteiger partial charge in [0.2, 0.25) is 5.91 Å². The number of likely N-dealkylation sites (N-methyl/N-ethyl adjacent to an activating group) is 1. The lowest BCUT2D eigenvalue weighted by atomic mass is 9.89. The fourth-order valence-electron chi connectivity index (χ4n) is 4.44.